The lowest BCUT2D eigenvalue weighted by Gasteiger charge is -2.09. The number of nitrogens with one attached hydrogen (secondary N) is 1. The van der Waals surface area contributed by atoms with Gasteiger partial charge in [-0.15, -0.1) is 0 Å². The van der Waals surface area contributed by atoms with Gasteiger partial charge in [0.25, 0.3) is 0 Å². The van der Waals surface area contributed by atoms with Gasteiger partial charge in [-0.2, -0.15) is 5.26 Å². The molecule has 0 aliphatic carbocycles. The second kappa shape index (κ2) is 5.87. The molecule has 1 heterocycles. The van der Waals surface area contributed by atoms with Crippen molar-refractivity contribution in [2.75, 3.05) is 11.6 Å². The molecule has 0 spiro atoms. The Morgan fingerprint density at radius 2 is 2.21 bits per heavy atom. The zero-order valence-corrected chi connectivity index (χ0v) is 11.4. The number of nitriles is 1. The summed E-state index contributed by atoms with van der Waals surface area (Å²) in [5.41, 5.74) is 0.613. The molecule has 1 N–H and O–H groups in total. The lowest BCUT2D eigenvalue weighted by atomic mass is 10.3. The second-order valence-electron chi connectivity index (χ2n) is 3.47. The van der Waals surface area contributed by atoms with Crippen LogP contribution in [0.5, 0.6) is 0 Å². The Morgan fingerprint density at radius 1 is 1.42 bits per heavy atom. The Balaban J connectivity index is 2.44. The van der Waals surface area contributed by atoms with Gasteiger partial charge in [0.05, 0.1) is 0 Å². The average molecular weight is 295 g/mol. The molecule has 0 saturated heterocycles. The molecule has 4 nitrogen and oxygen atoms in total. The van der Waals surface area contributed by atoms with Crippen LogP contribution < -0.4 is 5.32 Å². The fraction of sp³-hybridized carbons (Fsp3) is 0.0833. The summed E-state index contributed by atoms with van der Waals surface area (Å²) < 4.78 is 13.1. The summed E-state index contributed by atoms with van der Waals surface area (Å²) in [6.07, 6.45) is 1.80. The standard InChI is InChI=1S/C12H8ClFN4S/c1-19-12-17-10(13)9(6-15)11(18-12)16-8-4-2-3-7(14)5-8/h2-5H,1H3,(H,16,17,18). The Kier molecular flexibility index (Phi) is 4.20. The minimum atomic E-state index is -0.381. The van der Waals surface area contributed by atoms with Crippen molar-refractivity contribution in [3.63, 3.8) is 0 Å². The van der Waals surface area contributed by atoms with Gasteiger partial charge in [0.15, 0.2) is 16.1 Å². The van der Waals surface area contributed by atoms with Crippen LogP contribution in [0.25, 0.3) is 0 Å². The van der Waals surface area contributed by atoms with Crippen LogP contribution in [0.1, 0.15) is 5.56 Å². The van der Waals surface area contributed by atoms with E-state index in [1.807, 2.05) is 6.07 Å². The quantitative estimate of drug-likeness (QED) is 0.532. The van der Waals surface area contributed by atoms with Crippen LogP contribution in [0.2, 0.25) is 5.15 Å². The van der Waals surface area contributed by atoms with E-state index in [1.54, 1.807) is 18.4 Å². The lowest BCUT2D eigenvalue weighted by molar-refractivity contribution is 0.628. The monoisotopic (exact) mass is 294 g/mol. The largest absolute Gasteiger partial charge is 0.339 e. The summed E-state index contributed by atoms with van der Waals surface area (Å²) in [4.78, 5) is 8.12. The molecule has 96 valence electrons. The van der Waals surface area contributed by atoms with Crippen LogP contribution in [-0.2, 0) is 0 Å². The zero-order chi connectivity index (χ0) is 13.8. The maximum atomic E-state index is 13.1. The first-order valence-corrected chi connectivity index (χ1v) is 6.78. The predicted octanol–water partition coefficient (Wildman–Crippen LogP) is 3.61. The van der Waals surface area contributed by atoms with Gasteiger partial charge in [-0.25, -0.2) is 14.4 Å². The predicted molar refractivity (Wildman–Crippen MR) is 73.2 cm³/mol. The van der Waals surface area contributed by atoms with Crippen molar-refractivity contribution in [2.24, 2.45) is 0 Å². The van der Waals surface area contributed by atoms with Crippen LogP contribution in [0.3, 0.4) is 0 Å². The molecule has 0 bridgehead atoms. The van der Waals surface area contributed by atoms with Gasteiger partial charge in [0.2, 0.25) is 0 Å². The van der Waals surface area contributed by atoms with Crippen LogP contribution >= 0.6 is 23.4 Å². The molecule has 2 rings (SSSR count). The van der Waals surface area contributed by atoms with Gasteiger partial charge < -0.3 is 5.32 Å². The Morgan fingerprint density at radius 3 is 2.84 bits per heavy atom. The molecule has 0 amide bonds. The molecule has 0 saturated carbocycles. The Labute approximate surface area is 118 Å². The number of nitrogens with zero attached hydrogens (tertiary/aromatic N) is 3. The maximum absolute atomic E-state index is 13.1. The molecule has 2 aromatic rings. The highest BCUT2D eigenvalue weighted by atomic mass is 35.5. The smallest absolute Gasteiger partial charge is 0.190 e. The Hall–Kier alpha value is -1.84. The van der Waals surface area contributed by atoms with Crippen molar-refractivity contribution in [2.45, 2.75) is 5.16 Å². The van der Waals surface area contributed by atoms with Crippen molar-refractivity contribution < 1.29 is 4.39 Å². The molecule has 0 fully saturated rings. The molecular weight excluding hydrogens is 287 g/mol. The lowest BCUT2D eigenvalue weighted by Crippen LogP contribution is -2.01. The fourth-order valence-electron chi connectivity index (χ4n) is 1.40. The molecule has 0 aliphatic heterocycles. The number of rotatable bonds is 3. The first-order valence-electron chi connectivity index (χ1n) is 5.18. The topological polar surface area (TPSA) is 61.6 Å². The van der Waals surface area contributed by atoms with E-state index in [1.165, 1.54) is 23.9 Å². The fourth-order valence-corrected chi connectivity index (χ4v) is 2.02. The molecule has 0 aliphatic rings. The van der Waals surface area contributed by atoms with Crippen LogP contribution in [0.4, 0.5) is 15.9 Å². The van der Waals surface area contributed by atoms with Crippen molar-refractivity contribution in [1.29, 1.82) is 5.26 Å². The second-order valence-corrected chi connectivity index (χ2v) is 4.60. The van der Waals surface area contributed by atoms with Gasteiger partial charge in [-0.3, -0.25) is 0 Å². The summed E-state index contributed by atoms with van der Waals surface area (Å²) >= 11 is 7.21. The summed E-state index contributed by atoms with van der Waals surface area (Å²) in [5.74, 6) is -0.119. The Bertz CT molecular complexity index is 657. The van der Waals surface area contributed by atoms with E-state index in [9.17, 15) is 4.39 Å². The van der Waals surface area contributed by atoms with E-state index in [-0.39, 0.29) is 22.4 Å². The SMILES string of the molecule is CSc1nc(Cl)c(C#N)c(Nc2cccc(F)c2)n1. The summed E-state index contributed by atoms with van der Waals surface area (Å²) in [6, 6.07) is 7.78. The zero-order valence-electron chi connectivity index (χ0n) is 9.82. The summed E-state index contributed by atoms with van der Waals surface area (Å²) in [7, 11) is 0. The van der Waals surface area contributed by atoms with Crippen molar-refractivity contribution in [3.8, 4) is 6.07 Å². The summed E-state index contributed by atoms with van der Waals surface area (Å²) in [5, 5.41) is 12.4. The van der Waals surface area contributed by atoms with E-state index in [4.69, 9.17) is 16.9 Å². The van der Waals surface area contributed by atoms with Gasteiger partial charge in [0.1, 0.15) is 17.4 Å². The number of anilines is 2. The molecule has 0 unspecified atom stereocenters. The summed E-state index contributed by atoms with van der Waals surface area (Å²) in [6.45, 7) is 0. The van der Waals surface area contributed by atoms with Crippen molar-refractivity contribution >= 4 is 34.9 Å². The number of hydrogen-bond donors (Lipinski definition) is 1. The van der Waals surface area contributed by atoms with Gasteiger partial charge >= 0.3 is 0 Å². The molecule has 0 atom stereocenters. The van der Waals surface area contributed by atoms with Gasteiger partial charge in [-0.05, 0) is 24.5 Å². The first kappa shape index (κ1) is 13.6. The highest BCUT2D eigenvalue weighted by molar-refractivity contribution is 7.98. The van der Waals surface area contributed by atoms with Crippen LogP contribution in [0, 0.1) is 17.1 Å². The third-order valence-corrected chi connectivity index (χ3v) is 3.05. The van der Waals surface area contributed by atoms with Crippen LogP contribution in [0.15, 0.2) is 29.4 Å². The molecule has 1 aromatic heterocycles. The van der Waals surface area contributed by atoms with E-state index in [0.29, 0.717) is 10.8 Å². The van der Waals surface area contributed by atoms with Crippen LogP contribution in [-0.4, -0.2) is 16.2 Å². The van der Waals surface area contributed by atoms with E-state index >= 15 is 0 Å². The molecule has 0 radical (unpaired) electrons. The minimum Gasteiger partial charge on any atom is -0.339 e. The molecule has 7 heteroatoms. The number of benzene rings is 1. The third-order valence-electron chi connectivity index (χ3n) is 2.23. The number of hydrogen-bond acceptors (Lipinski definition) is 5. The van der Waals surface area contributed by atoms with Crippen molar-refractivity contribution in [1.82, 2.24) is 9.97 Å². The minimum absolute atomic E-state index is 0.0701. The van der Waals surface area contributed by atoms with E-state index < -0.39 is 0 Å². The average Bonchev–Trinajstić information content (AvgIpc) is 2.38. The van der Waals surface area contributed by atoms with Gasteiger partial charge in [0, 0.05) is 5.69 Å². The maximum Gasteiger partial charge on any atom is 0.190 e. The number of halogens is 2. The van der Waals surface area contributed by atoms with Crippen molar-refractivity contribution in [3.05, 3.63) is 40.8 Å². The first-order chi connectivity index (χ1) is 9.13. The number of thioether (sulfide) groups is 1. The highest BCUT2D eigenvalue weighted by Gasteiger charge is 2.13. The number of aromatic nitrogens is 2. The molecular formula is C12H8ClFN4S. The van der Waals surface area contributed by atoms with Gasteiger partial charge in [-0.1, -0.05) is 29.4 Å². The molecule has 1 aromatic carbocycles. The van der Waals surface area contributed by atoms with E-state index in [2.05, 4.69) is 15.3 Å². The molecule has 19 heavy (non-hydrogen) atoms. The van der Waals surface area contributed by atoms with E-state index in [0.717, 1.165) is 0 Å². The third kappa shape index (κ3) is 3.13. The highest BCUT2D eigenvalue weighted by Crippen LogP contribution is 2.26. The normalized spacial score (nSPS) is 10.0.